The number of nitro groups is 1. The normalized spacial score (nSPS) is 13.3. The molecule has 2 atom stereocenters. The van der Waals surface area contributed by atoms with Gasteiger partial charge in [-0.15, -0.1) is 0 Å². The molecule has 2 rings (SSSR count). The van der Waals surface area contributed by atoms with Crippen LogP contribution in [0, 0.1) is 10.1 Å². The molecular formula is C14H11NO6S. The van der Waals surface area contributed by atoms with Gasteiger partial charge in [0.25, 0.3) is 5.69 Å². The third-order valence-corrected chi connectivity index (χ3v) is 3.93. The molecule has 0 fully saturated rings. The third kappa shape index (κ3) is 3.18. The number of aliphatic carboxylic acids is 1. The van der Waals surface area contributed by atoms with Crippen molar-refractivity contribution in [2.24, 2.45) is 0 Å². The van der Waals surface area contributed by atoms with Crippen molar-refractivity contribution in [3.05, 3.63) is 64.2 Å². The van der Waals surface area contributed by atoms with E-state index in [4.69, 9.17) is 9.66 Å². The maximum atomic E-state index is 11.1. The number of hydrogen-bond acceptors (Lipinski definition) is 4. The first-order chi connectivity index (χ1) is 10.4. The van der Waals surface area contributed by atoms with Gasteiger partial charge >= 0.3 is 5.97 Å². The van der Waals surface area contributed by atoms with E-state index in [1.165, 1.54) is 30.3 Å². The summed E-state index contributed by atoms with van der Waals surface area (Å²) in [7, 11) is 0. The molecule has 0 aliphatic rings. The van der Waals surface area contributed by atoms with Crippen LogP contribution in [0.2, 0.25) is 0 Å². The molecule has 0 saturated heterocycles. The van der Waals surface area contributed by atoms with Gasteiger partial charge in [0.05, 0.1) is 10.5 Å². The molecule has 8 heteroatoms. The number of carbonyl (C=O) groups is 1. The second-order valence-electron chi connectivity index (χ2n) is 4.39. The number of para-hydroxylation sites is 1. The maximum absolute atomic E-state index is 11.1. The molecule has 114 valence electrons. The third-order valence-electron chi connectivity index (χ3n) is 3.05. The molecule has 0 bridgehead atoms. The summed E-state index contributed by atoms with van der Waals surface area (Å²) in [5.74, 6) is -1.42. The summed E-state index contributed by atoms with van der Waals surface area (Å²) in [6.07, 6.45) is 0. The Morgan fingerprint density at radius 1 is 1.14 bits per heavy atom. The van der Waals surface area contributed by atoms with Crippen LogP contribution in [0.15, 0.2) is 48.5 Å². The van der Waals surface area contributed by atoms with E-state index in [0.717, 1.165) is 0 Å². The monoisotopic (exact) mass is 321 g/mol. The second-order valence-corrected chi connectivity index (χ2v) is 5.41. The number of carboxylic acid groups (broad SMARTS) is 1. The lowest BCUT2D eigenvalue weighted by molar-refractivity contribution is -0.384. The zero-order valence-corrected chi connectivity index (χ0v) is 11.9. The molecule has 2 aromatic carbocycles. The topological polar surface area (TPSA) is 118 Å². The lowest BCUT2D eigenvalue weighted by Gasteiger charge is -2.09. The van der Waals surface area contributed by atoms with Crippen molar-refractivity contribution in [1.29, 1.82) is 0 Å². The Hall–Kier alpha value is -2.58. The van der Waals surface area contributed by atoms with Gasteiger partial charge < -0.3 is 9.66 Å². The van der Waals surface area contributed by atoms with E-state index in [-0.39, 0.29) is 11.3 Å². The molecular weight excluding hydrogens is 310 g/mol. The van der Waals surface area contributed by atoms with Crippen LogP contribution in [0.3, 0.4) is 0 Å². The van der Waals surface area contributed by atoms with Crippen LogP contribution in [0.4, 0.5) is 5.69 Å². The van der Waals surface area contributed by atoms with Crippen LogP contribution in [-0.2, 0) is 15.9 Å². The Balaban J connectivity index is 2.44. The number of nitrogens with zero attached hydrogens (tertiary/aromatic N) is 1. The van der Waals surface area contributed by atoms with Crippen LogP contribution in [-0.4, -0.2) is 24.8 Å². The van der Waals surface area contributed by atoms with Gasteiger partial charge in [0, 0.05) is 6.07 Å². The van der Waals surface area contributed by atoms with Gasteiger partial charge in [-0.05, 0) is 17.2 Å². The number of nitro benzene ring substituents is 1. The fourth-order valence-corrected chi connectivity index (χ4v) is 2.62. The van der Waals surface area contributed by atoms with Crippen LogP contribution < -0.4 is 0 Å². The molecule has 0 aliphatic carbocycles. The highest BCUT2D eigenvalue weighted by Crippen LogP contribution is 2.30. The predicted octanol–water partition coefficient (Wildman–Crippen LogP) is 2.61. The molecule has 0 aromatic heterocycles. The van der Waals surface area contributed by atoms with Crippen molar-refractivity contribution in [3.63, 3.8) is 0 Å². The highest BCUT2D eigenvalue weighted by molar-refractivity contribution is 7.80. The second kappa shape index (κ2) is 6.46. The summed E-state index contributed by atoms with van der Waals surface area (Å²) in [6.45, 7) is 0. The smallest absolute Gasteiger partial charge is 0.326 e. The minimum atomic E-state index is -2.56. The van der Waals surface area contributed by atoms with E-state index < -0.39 is 27.2 Å². The quantitative estimate of drug-likeness (QED) is 0.496. The first kappa shape index (κ1) is 15.8. The van der Waals surface area contributed by atoms with Crippen LogP contribution in [0.25, 0.3) is 11.1 Å². The Morgan fingerprint density at radius 2 is 1.73 bits per heavy atom. The maximum Gasteiger partial charge on any atom is 0.326 e. The number of rotatable bonds is 5. The van der Waals surface area contributed by atoms with Crippen LogP contribution in [0.1, 0.15) is 10.8 Å². The SMILES string of the molecule is O=C(O)C(c1ccc(-c2ccccc2[N+](=O)[O-])cc1)S(=O)O. The summed E-state index contributed by atoms with van der Waals surface area (Å²) < 4.78 is 20.1. The van der Waals surface area contributed by atoms with Crippen molar-refractivity contribution >= 4 is 22.7 Å². The van der Waals surface area contributed by atoms with Gasteiger partial charge in [0.2, 0.25) is 0 Å². The standard InChI is InChI=1S/C14H11NO6S/c16-14(17)13(22(20)21)10-7-5-9(6-8-10)11-3-1-2-4-12(11)15(18)19/h1-8,13H,(H,16,17)(H,20,21). The minimum Gasteiger partial charge on any atom is -0.480 e. The Bertz CT molecular complexity index is 729. The summed E-state index contributed by atoms with van der Waals surface area (Å²) in [6, 6.07) is 11.9. The Morgan fingerprint density at radius 3 is 2.23 bits per heavy atom. The van der Waals surface area contributed by atoms with E-state index >= 15 is 0 Å². The molecule has 0 spiro atoms. The Kier molecular flexibility index (Phi) is 4.64. The zero-order valence-electron chi connectivity index (χ0n) is 11.1. The van der Waals surface area contributed by atoms with Crippen molar-refractivity contribution in [2.75, 3.05) is 0 Å². The van der Waals surface area contributed by atoms with Gasteiger partial charge in [0.1, 0.15) is 0 Å². The van der Waals surface area contributed by atoms with E-state index in [1.807, 2.05) is 0 Å². The van der Waals surface area contributed by atoms with Gasteiger partial charge in [-0.25, -0.2) is 4.21 Å². The van der Waals surface area contributed by atoms with Gasteiger partial charge in [-0.1, -0.05) is 36.4 Å². The summed E-state index contributed by atoms with van der Waals surface area (Å²) in [4.78, 5) is 21.5. The van der Waals surface area contributed by atoms with Gasteiger partial charge in [0.15, 0.2) is 16.3 Å². The van der Waals surface area contributed by atoms with Crippen molar-refractivity contribution < 1.29 is 23.6 Å². The number of carboxylic acids is 1. The predicted molar refractivity (Wildman–Crippen MR) is 79.7 cm³/mol. The highest BCUT2D eigenvalue weighted by Gasteiger charge is 2.26. The van der Waals surface area contributed by atoms with Crippen molar-refractivity contribution in [2.45, 2.75) is 5.25 Å². The molecule has 0 aliphatic heterocycles. The van der Waals surface area contributed by atoms with Crippen molar-refractivity contribution in [3.8, 4) is 11.1 Å². The zero-order chi connectivity index (χ0) is 16.3. The molecule has 0 amide bonds. The van der Waals surface area contributed by atoms with E-state index in [0.29, 0.717) is 11.1 Å². The molecule has 0 saturated carbocycles. The number of hydrogen-bond donors (Lipinski definition) is 2. The highest BCUT2D eigenvalue weighted by atomic mass is 32.2. The molecule has 2 unspecified atom stereocenters. The largest absolute Gasteiger partial charge is 0.480 e. The lowest BCUT2D eigenvalue weighted by Crippen LogP contribution is -2.16. The molecule has 0 heterocycles. The first-order valence-corrected chi connectivity index (χ1v) is 7.25. The van der Waals surface area contributed by atoms with Crippen LogP contribution >= 0.6 is 0 Å². The average Bonchev–Trinajstić information content (AvgIpc) is 2.47. The Labute approximate surface area is 127 Å². The molecule has 2 N–H and O–H groups in total. The van der Waals surface area contributed by atoms with Gasteiger partial charge in [-0.2, -0.15) is 0 Å². The molecule has 0 radical (unpaired) electrons. The lowest BCUT2D eigenvalue weighted by atomic mass is 10.0. The summed E-state index contributed by atoms with van der Waals surface area (Å²) in [5, 5.41) is 18.4. The molecule has 7 nitrogen and oxygen atoms in total. The summed E-state index contributed by atoms with van der Waals surface area (Å²) >= 11 is -2.56. The number of benzene rings is 2. The van der Waals surface area contributed by atoms with Crippen LogP contribution in [0.5, 0.6) is 0 Å². The van der Waals surface area contributed by atoms with Crippen molar-refractivity contribution in [1.82, 2.24) is 0 Å². The molecule has 22 heavy (non-hydrogen) atoms. The fraction of sp³-hybridized carbons (Fsp3) is 0.0714. The molecule has 2 aromatic rings. The van der Waals surface area contributed by atoms with E-state index in [9.17, 15) is 19.1 Å². The fourth-order valence-electron chi connectivity index (χ4n) is 2.06. The van der Waals surface area contributed by atoms with E-state index in [2.05, 4.69) is 0 Å². The summed E-state index contributed by atoms with van der Waals surface area (Å²) in [5.41, 5.74) is 0.978. The van der Waals surface area contributed by atoms with Gasteiger partial charge in [-0.3, -0.25) is 14.9 Å². The first-order valence-electron chi connectivity index (χ1n) is 6.08. The average molecular weight is 321 g/mol. The minimum absolute atomic E-state index is 0.0734. The van der Waals surface area contributed by atoms with E-state index in [1.54, 1.807) is 18.2 Å².